The summed E-state index contributed by atoms with van der Waals surface area (Å²) in [6.45, 7) is 1.79. The molecule has 1 saturated heterocycles. The molecule has 0 unspecified atom stereocenters. The van der Waals surface area contributed by atoms with E-state index in [9.17, 15) is 9.59 Å². The first kappa shape index (κ1) is 21.9. The number of nitrogens with zero attached hydrogens (tertiary/aromatic N) is 2. The van der Waals surface area contributed by atoms with Crippen molar-refractivity contribution in [3.05, 3.63) is 57.6 Å². The minimum Gasteiger partial charge on any atom is -0.479 e. The van der Waals surface area contributed by atoms with Crippen LogP contribution < -0.4 is 15.1 Å². The minimum atomic E-state index is -0.552. The van der Waals surface area contributed by atoms with Crippen molar-refractivity contribution in [3.8, 4) is 5.75 Å². The third-order valence-corrected chi connectivity index (χ3v) is 5.12. The van der Waals surface area contributed by atoms with Crippen LogP contribution in [0.1, 0.15) is 28.8 Å². The van der Waals surface area contributed by atoms with Crippen molar-refractivity contribution in [1.29, 1.82) is 0 Å². The molecule has 9 heteroatoms. The SMILES string of the molecule is COC(=O)COc1c(Cl)cc(/C=N\NC(=O)c2ccc(N3CCCC3)cc2)cc1Cl. The molecule has 30 heavy (non-hydrogen) atoms. The second-order valence-corrected chi connectivity index (χ2v) is 7.43. The lowest BCUT2D eigenvalue weighted by atomic mass is 10.2. The van der Waals surface area contributed by atoms with Crippen LogP contribution in [0.4, 0.5) is 5.69 Å². The van der Waals surface area contributed by atoms with E-state index >= 15 is 0 Å². The number of hydrogen-bond acceptors (Lipinski definition) is 6. The number of anilines is 1. The quantitative estimate of drug-likeness (QED) is 0.393. The average Bonchev–Trinajstić information content (AvgIpc) is 3.28. The summed E-state index contributed by atoms with van der Waals surface area (Å²) in [7, 11) is 1.25. The fraction of sp³-hybridized carbons (Fsp3) is 0.286. The van der Waals surface area contributed by atoms with Crippen molar-refractivity contribution < 1.29 is 19.1 Å². The van der Waals surface area contributed by atoms with Gasteiger partial charge in [-0.2, -0.15) is 5.10 Å². The maximum Gasteiger partial charge on any atom is 0.343 e. The van der Waals surface area contributed by atoms with Gasteiger partial charge in [-0.1, -0.05) is 23.2 Å². The number of ether oxygens (including phenoxy) is 2. The Hall–Kier alpha value is -2.77. The lowest BCUT2D eigenvalue weighted by Crippen LogP contribution is -2.19. The van der Waals surface area contributed by atoms with E-state index in [4.69, 9.17) is 27.9 Å². The van der Waals surface area contributed by atoms with Crippen molar-refractivity contribution in [2.45, 2.75) is 12.8 Å². The second-order valence-electron chi connectivity index (χ2n) is 6.62. The van der Waals surface area contributed by atoms with E-state index < -0.39 is 5.97 Å². The molecular weight excluding hydrogens is 429 g/mol. The van der Waals surface area contributed by atoms with E-state index in [1.807, 2.05) is 12.1 Å². The topological polar surface area (TPSA) is 80.2 Å². The van der Waals surface area contributed by atoms with Gasteiger partial charge in [0.1, 0.15) is 0 Å². The van der Waals surface area contributed by atoms with Crippen LogP contribution in [0.15, 0.2) is 41.5 Å². The molecule has 158 valence electrons. The molecule has 0 aliphatic carbocycles. The number of carbonyl (C=O) groups excluding carboxylic acids is 2. The lowest BCUT2D eigenvalue weighted by Gasteiger charge is -2.17. The van der Waals surface area contributed by atoms with E-state index in [-0.39, 0.29) is 28.3 Å². The van der Waals surface area contributed by atoms with Crippen molar-refractivity contribution in [3.63, 3.8) is 0 Å². The predicted octanol–water partition coefficient (Wildman–Crippen LogP) is 3.91. The molecule has 7 nitrogen and oxygen atoms in total. The highest BCUT2D eigenvalue weighted by Gasteiger charge is 2.13. The summed E-state index contributed by atoms with van der Waals surface area (Å²) in [4.78, 5) is 25.8. The highest BCUT2D eigenvalue weighted by molar-refractivity contribution is 6.37. The fourth-order valence-corrected chi connectivity index (χ4v) is 3.62. The van der Waals surface area contributed by atoms with Gasteiger partial charge in [0.2, 0.25) is 0 Å². The Kier molecular flexibility index (Phi) is 7.54. The number of amides is 1. The summed E-state index contributed by atoms with van der Waals surface area (Å²) >= 11 is 12.3. The van der Waals surface area contributed by atoms with Gasteiger partial charge in [0.15, 0.2) is 12.4 Å². The molecule has 3 rings (SSSR count). The number of methoxy groups -OCH3 is 1. The van der Waals surface area contributed by atoms with Crippen molar-refractivity contribution in [2.75, 3.05) is 31.7 Å². The summed E-state index contributed by atoms with van der Waals surface area (Å²) in [6, 6.07) is 10.5. The maximum absolute atomic E-state index is 12.3. The number of rotatable bonds is 7. The number of hydrogen-bond donors (Lipinski definition) is 1. The first-order chi connectivity index (χ1) is 14.5. The minimum absolute atomic E-state index is 0.169. The molecule has 0 spiro atoms. The zero-order valence-corrected chi connectivity index (χ0v) is 17.9. The summed E-state index contributed by atoms with van der Waals surface area (Å²) in [5, 5.41) is 4.36. The van der Waals surface area contributed by atoms with Crippen LogP contribution in [0.5, 0.6) is 5.75 Å². The molecule has 2 aromatic carbocycles. The number of halogens is 2. The molecule has 0 aromatic heterocycles. The van der Waals surface area contributed by atoms with Crippen molar-refractivity contribution in [2.24, 2.45) is 5.10 Å². The zero-order chi connectivity index (χ0) is 21.5. The lowest BCUT2D eigenvalue weighted by molar-refractivity contribution is -0.142. The Labute approximate surface area is 184 Å². The summed E-state index contributed by atoms with van der Waals surface area (Å²) < 4.78 is 9.77. The highest BCUT2D eigenvalue weighted by atomic mass is 35.5. The number of carbonyl (C=O) groups is 2. The highest BCUT2D eigenvalue weighted by Crippen LogP contribution is 2.33. The number of hydrazone groups is 1. The fourth-order valence-electron chi connectivity index (χ4n) is 3.01. The molecule has 1 aliphatic rings. The molecule has 1 heterocycles. The molecule has 1 amide bonds. The third kappa shape index (κ3) is 5.64. The Balaban J connectivity index is 1.59. The van der Waals surface area contributed by atoms with Gasteiger partial charge in [0.05, 0.1) is 23.4 Å². The third-order valence-electron chi connectivity index (χ3n) is 4.56. The molecule has 1 aliphatic heterocycles. The van der Waals surface area contributed by atoms with Crippen LogP contribution in [0.3, 0.4) is 0 Å². The standard InChI is InChI=1S/C21H21Cl2N3O4/c1-29-19(27)13-30-20-17(22)10-14(11-18(20)23)12-24-25-21(28)15-4-6-16(7-5-15)26-8-2-3-9-26/h4-7,10-12H,2-3,8-9,13H2,1H3,(H,25,28)/b24-12-. The van der Waals surface area contributed by atoms with Crippen LogP contribution in [-0.2, 0) is 9.53 Å². The molecule has 1 N–H and O–H groups in total. The number of nitrogens with one attached hydrogen (secondary N) is 1. The molecule has 0 bridgehead atoms. The van der Waals surface area contributed by atoms with Gasteiger partial charge in [-0.05, 0) is 54.8 Å². The van der Waals surface area contributed by atoms with Gasteiger partial charge in [-0.25, -0.2) is 10.2 Å². The van der Waals surface area contributed by atoms with Crippen LogP contribution in [0.2, 0.25) is 10.0 Å². The van der Waals surface area contributed by atoms with Crippen molar-refractivity contribution >= 4 is 47.0 Å². The zero-order valence-electron chi connectivity index (χ0n) is 16.4. The van der Waals surface area contributed by atoms with Gasteiger partial charge >= 0.3 is 5.97 Å². The van der Waals surface area contributed by atoms with Gasteiger partial charge in [0, 0.05) is 24.3 Å². The first-order valence-electron chi connectivity index (χ1n) is 9.35. The van der Waals surface area contributed by atoms with Crippen LogP contribution in [0, 0.1) is 0 Å². The van der Waals surface area contributed by atoms with Gasteiger partial charge < -0.3 is 14.4 Å². The van der Waals surface area contributed by atoms with Crippen molar-refractivity contribution in [1.82, 2.24) is 5.43 Å². The van der Waals surface area contributed by atoms with E-state index in [2.05, 4.69) is 20.2 Å². The van der Waals surface area contributed by atoms with E-state index in [1.54, 1.807) is 24.3 Å². The van der Waals surface area contributed by atoms with Crippen LogP contribution in [0.25, 0.3) is 0 Å². The molecule has 0 atom stereocenters. The summed E-state index contributed by atoms with van der Waals surface area (Å²) in [5.41, 5.74) is 4.66. The maximum atomic E-state index is 12.3. The smallest absolute Gasteiger partial charge is 0.343 e. The van der Waals surface area contributed by atoms with Gasteiger partial charge in [0.25, 0.3) is 5.91 Å². The Bertz CT molecular complexity index is 919. The monoisotopic (exact) mass is 449 g/mol. The summed E-state index contributed by atoms with van der Waals surface area (Å²) in [6.07, 6.45) is 3.81. The largest absolute Gasteiger partial charge is 0.479 e. The predicted molar refractivity (Wildman–Crippen MR) is 117 cm³/mol. The normalized spacial score (nSPS) is 13.5. The molecule has 1 fully saturated rings. The Morgan fingerprint density at radius 3 is 2.37 bits per heavy atom. The van der Waals surface area contributed by atoms with E-state index in [0.29, 0.717) is 11.1 Å². The van der Waals surface area contributed by atoms with Crippen LogP contribution in [-0.4, -0.2) is 44.9 Å². The second kappa shape index (κ2) is 10.3. The van der Waals surface area contributed by atoms with Crippen LogP contribution >= 0.6 is 23.2 Å². The van der Waals surface area contributed by atoms with E-state index in [0.717, 1.165) is 18.8 Å². The van der Waals surface area contributed by atoms with E-state index in [1.165, 1.54) is 26.2 Å². The Morgan fingerprint density at radius 2 is 1.77 bits per heavy atom. The first-order valence-corrected chi connectivity index (χ1v) is 10.1. The van der Waals surface area contributed by atoms with Gasteiger partial charge in [-0.3, -0.25) is 4.79 Å². The molecule has 2 aromatic rings. The Morgan fingerprint density at radius 1 is 1.13 bits per heavy atom. The average molecular weight is 450 g/mol. The molecule has 0 saturated carbocycles. The number of esters is 1. The molecule has 0 radical (unpaired) electrons. The van der Waals surface area contributed by atoms with Gasteiger partial charge in [-0.15, -0.1) is 0 Å². The summed E-state index contributed by atoms with van der Waals surface area (Å²) in [5.74, 6) is -0.707. The molecular formula is C21H21Cl2N3O4. The number of benzene rings is 2.